The number of benzene rings is 1. The molecule has 0 aliphatic rings. The van der Waals surface area contributed by atoms with Gasteiger partial charge in [0.25, 0.3) is 0 Å². The summed E-state index contributed by atoms with van der Waals surface area (Å²) in [6.45, 7) is 0. The summed E-state index contributed by atoms with van der Waals surface area (Å²) in [6.07, 6.45) is 0. The zero-order valence-corrected chi connectivity index (χ0v) is 12.8. The van der Waals surface area contributed by atoms with Gasteiger partial charge in [-0.05, 0) is 34.1 Å². The number of carboxylic acids is 1. The summed E-state index contributed by atoms with van der Waals surface area (Å²) >= 11 is 3.44. The topological polar surface area (TPSA) is 73.6 Å². The molecule has 7 heteroatoms. The minimum absolute atomic E-state index is 0.0100. The van der Waals surface area contributed by atoms with E-state index in [1.165, 1.54) is 10.7 Å². The molecule has 0 bridgehead atoms. The third-order valence-electron chi connectivity index (χ3n) is 2.85. The molecule has 1 N–H and O–H groups in total. The highest BCUT2D eigenvalue weighted by molar-refractivity contribution is 9.10. The summed E-state index contributed by atoms with van der Waals surface area (Å²) in [6, 6.07) is 5.04. The number of halogens is 1. The number of rotatable bonds is 4. The van der Waals surface area contributed by atoms with Crippen LogP contribution in [0.3, 0.4) is 0 Å². The average Bonchev–Trinajstić information content (AvgIpc) is 2.80. The molecule has 0 radical (unpaired) electrons. The van der Waals surface area contributed by atoms with E-state index in [9.17, 15) is 4.79 Å². The van der Waals surface area contributed by atoms with Crippen molar-refractivity contribution in [1.82, 2.24) is 9.78 Å². The van der Waals surface area contributed by atoms with E-state index >= 15 is 0 Å². The van der Waals surface area contributed by atoms with Gasteiger partial charge >= 0.3 is 5.97 Å². The zero-order valence-electron chi connectivity index (χ0n) is 11.2. The Kier molecular flexibility index (Phi) is 3.99. The minimum Gasteiger partial charge on any atom is -0.493 e. The van der Waals surface area contributed by atoms with E-state index in [0.29, 0.717) is 17.2 Å². The van der Waals surface area contributed by atoms with E-state index in [0.717, 1.165) is 10.0 Å². The lowest BCUT2D eigenvalue weighted by Gasteiger charge is -2.11. The number of hydrogen-bond donors (Lipinski definition) is 1. The van der Waals surface area contributed by atoms with Gasteiger partial charge in [-0.1, -0.05) is 0 Å². The first-order valence-corrected chi connectivity index (χ1v) is 6.46. The molecule has 1 aromatic heterocycles. The molecule has 0 saturated carbocycles. The summed E-state index contributed by atoms with van der Waals surface area (Å²) in [7, 11) is 4.78. The maximum atomic E-state index is 11.0. The van der Waals surface area contributed by atoms with Crippen LogP contribution in [0.1, 0.15) is 10.5 Å². The Bertz CT molecular complexity index is 667. The predicted octanol–water partition coefficient (Wildman–Crippen LogP) is 2.57. The van der Waals surface area contributed by atoms with E-state index in [1.54, 1.807) is 33.4 Å². The largest absolute Gasteiger partial charge is 0.493 e. The van der Waals surface area contributed by atoms with Gasteiger partial charge in [-0.15, -0.1) is 0 Å². The van der Waals surface area contributed by atoms with Crippen LogP contribution in [0.4, 0.5) is 0 Å². The van der Waals surface area contributed by atoms with Gasteiger partial charge < -0.3 is 14.6 Å². The highest BCUT2D eigenvalue weighted by Gasteiger charge is 2.17. The van der Waals surface area contributed by atoms with Gasteiger partial charge in [0.2, 0.25) is 0 Å². The molecule has 1 heterocycles. The van der Waals surface area contributed by atoms with Gasteiger partial charge in [-0.2, -0.15) is 5.10 Å². The van der Waals surface area contributed by atoms with E-state index < -0.39 is 5.97 Å². The standard InChI is InChI=1S/C13H13BrN2O4/c1-16-10(6-9(15-16)13(17)18)7-4-11(19-2)12(20-3)5-8(7)14/h4-6H,1-3H3,(H,17,18). The lowest BCUT2D eigenvalue weighted by Crippen LogP contribution is -1.99. The van der Waals surface area contributed by atoms with E-state index in [1.807, 2.05) is 0 Å². The van der Waals surface area contributed by atoms with Crippen LogP contribution in [0.25, 0.3) is 11.3 Å². The SMILES string of the molecule is COc1cc(Br)c(-c2cc(C(=O)O)nn2C)cc1OC. The van der Waals surface area contributed by atoms with Crippen LogP contribution in [-0.4, -0.2) is 35.1 Å². The van der Waals surface area contributed by atoms with Crippen LogP contribution >= 0.6 is 15.9 Å². The fourth-order valence-corrected chi connectivity index (χ4v) is 2.40. The molecule has 0 atom stereocenters. The van der Waals surface area contributed by atoms with Crippen LogP contribution in [0.5, 0.6) is 11.5 Å². The second-order valence-corrected chi connectivity index (χ2v) is 4.88. The second-order valence-electron chi connectivity index (χ2n) is 4.03. The van der Waals surface area contributed by atoms with Crippen LogP contribution in [0, 0.1) is 0 Å². The fraction of sp³-hybridized carbons (Fsp3) is 0.231. The first-order valence-electron chi connectivity index (χ1n) is 5.67. The number of hydrogen-bond acceptors (Lipinski definition) is 4. The van der Waals surface area contributed by atoms with E-state index in [-0.39, 0.29) is 5.69 Å². The Morgan fingerprint density at radius 3 is 2.35 bits per heavy atom. The lowest BCUT2D eigenvalue weighted by atomic mass is 10.1. The summed E-state index contributed by atoms with van der Waals surface area (Å²) in [5, 5.41) is 12.9. The lowest BCUT2D eigenvalue weighted by molar-refractivity contribution is 0.0689. The Labute approximate surface area is 124 Å². The van der Waals surface area contributed by atoms with E-state index in [4.69, 9.17) is 14.6 Å². The quantitative estimate of drug-likeness (QED) is 0.925. The second kappa shape index (κ2) is 5.54. The van der Waals surface area contributed by atoms with Crippen molar-refractivity contribution in [3.8, 4) is 22.8 Å². The van der Waals surface area contributed by atoms with Gasteiger partial charge in [0, 0.05) is 17.1 Å². The fourth-order valence-electron chi connectivity index (χ4n) is 1.87. The van der Waals surface area contributed by atoms with Gasteiger partial charge in [0.15, 0.2) is 17.2 Å². The molecule has 0 amide bonds. The highest BCUT2D eigenvalue weighted by atomic mass is 79.9. The molecule has 6 nitrogen and oxygen atoms in total. The molecule has 0 unspecified atom stereocenters. The molecular weight excluding hydrogens is 328 g/mol. The zero-order chi connectivity index (χ0) is 14.9. The smallest absolute Gasteiger partial charge is 0.356 e. The van der Waals surface area contributed by atoms with Gasteiger partial charge in [-0.25, -0.2) is 4.79 Å². The molecule has 0 saturated heterocycles. The van der Waals surface area contributed by atoms with Crippen molar-refractivity contribution in [3.05, 3.63) is 28.4 Å². The van der Waals surface area contributed by atoms with Crippen molar-refractivity contribution in [2.24, 2.45) is 7.05 Å². The molecule has 2 rings (SSSR count). The van der Waals surface area contributed by atoms with Crippen molar-refractivity contribution in [2.45, 2.75) is 0 Å². The number of aromatic carboxylic acids is 1. The van der Waals surface area contributed by atoms with Crippen molar-refractivity contribution in [3.63, 3.8) is 0 Å². The molecule has 0 spiro atoms. The molecule has 0 aliphatic carbocycles. The normalized spacial score (nSPS) is 10.4. The number of aromatic nitrogens is 2. The Morgan fingerprint density at radius 2 is 1.85 bits per heavy atom. The Hall–Kier alpha value is -2.02. The summed E-state index contributed by atoms with van der Waals surface area (Å²) < 4.78 is 12.7. The minimum atomic E-state index is -1.07. The van der Waals surface area contributed by atoms with Crippen LogP contribution in [0.2, 0.25) is 0 Å². The average molecular weight is 341 g/mol. The number of nitrogens with zero attached hydrogens (tertiary/aromatic N) is 2. The molecule has 1 aromatic carbocycles. The first kappa shape index (κ1) is 14.4. The highest BCUT2D eigenvalue weighted by Crippen LogP contribution is 2.38. The van der Waals surface area contributed by atoms with Gasteiger partial charge in [0.1, 0.15) is 0 Å². The number of aryl methyl sites for hydroxylation is 1. The number of carbonyl (C=O) groups is 1. The van der Waals surface area contributed by atoms with Crippen LogP contribution < -0.4 is 9.47 Å². The first-order chi connectivity index (χ1) is 9.47. The van der Waals surface area contributed by atoms with Crippen molar-refractivity contribution in [1.29, 1.82) is 0 Å². The maximum Gasteiger partial charge on any atom is 0.356 e. The Balaban J connectivity index is 2.60. The third-order valence-corrected chi connectivity index (χ3v) is 3.50. The molecule has 2 aromatic rings. The maximum absolute atomic E-state index is 11.0. The van der Waals surface area contributed by atoms with Crippen molar-refractivity contribution in [2.75, 3.05) is 14.2 Å². The Morgan fingerprint density at radius 1 is 1.25 bits per heavy atom. The summed E-state index contributed by atoms with van der Waals surface area (Å²) in [5.41, 5.74) is 1.42. The summed E-state index contributed by atoms with van der Waals surface area (Å²) in [4.78, 5) is 11.0. The van der Waals surface area contributed by atoms with Crippen LogP contribution in [-0.2, 0) is 7.05 Å². The number of carboxylic acid groups (broad SMARTS) is 1. The van der Waals surface area contributed by atoms with Crippen molar-refractivity contribution < 1.29 is 19.4 Å². The van der Waals surface area contributed by atoms with Crippen LogP contribution in [0.15, 0.2) is 22.7 Å². The molecule has 20 heavy (non-hydrogen) atoms. The number of methoxy groups -OCH3 is 2. The van der Waals surface area contributed by atoms with Crippen molar-refractivity contribution >= 4 is 21.9 Å². The van der Waals surface area contributed by atoms with Gasteiger partial charge in [0.05, 0.1) is 19.9 Å². The molecule has 0 aliphatic heterocycles. The van der Waals surface area contributed by atoms with Gasteiger partial charge in [-0.3, -0.25) is 4.68 Å². The third kappa shape index (κ3) is 2.49. The molecular formula is C13H13BrN2O4. The summed E-state index contributed by atoms with van der Waals surface area (Å²) in [5.74, 6) is 0.0796. The number of ether oxygens (including phenoxy) is 2. The molecule has 106 valence electrons. The van der Waals surface area contributed by atoms with E-state index in [2.05, 4.69) is 21.0 Å². The molecule has 0 fully saturated rings. The monoisotopic (exact) mass is 340 g/mol. The predicted molar refractivity (Wildman–Crippen MR) is 76.4 cm³/mol.